The number of aromatic nitrogens is 3. The van der Waals surface area contributed by atoms with Crippen molar-refractivity contribution in [3.8, 4) is 11.5 Å². The van der Waals surface area contributed by atoms with Crippen molar-refractivity contribution in [3.63, 3.8) is 0 Å². The van der Waals surface area contributed by atoms with Crippen LogP contribution in [0.4, 0.5) is 0 Å². The first kappa shape index (κ1) is 10.1. The number of aryl methyl sites for hydroxylation is 1. The van der Waals surface area contributed by atoms with Gasteiger partial charge in [0.15, 0.2) is 11.4 Å². The van der Waals surface area contributed by atoms with Crippen molar-refractivity contribution in [2.75, 3.05) is 0 Å². The van der Waals surface area contributed by atoms with E-state index in [1.165, 1.54) is 0 Å². The van der Waals surface area contributed by atoms with Crippen LogP contribution in [0.15, 0.2) is 28.9 Å². The maximum atomic E-state index is 6.39. The van der Waals surface area contributed by atoms with Crippen molar-refractivity contribution in [3.05, 3.63) is 40.9 Å². The van der Waals surface area contributed by atoms with Gasteiger partial charge in [0.2, 0.25) is 0 Å². The van der Waals surface area contributed by atoms with Crippen LogP contribution in [0.1, 0.15) is 17.7 Å². The number of halogens is 1. The van der Waals surface area contributed by atoms with E-state index >= 15 is 0 Å². The number of fused-ring (bicyclic) bond motifs is 2. The van der Waals surface area contributed by atoms with Crippen LogP contribution in [0.25, 0.3) is 17.1 Å². The Labute approximate surface area is 108 Å². The van der Waals surface area contributed by atoms with Crippen LogP contribution in [-0.4, -0.2) is 14.6 Å². The number of rotatable bonds is 1. The molecule has 0 aliphatic heterocycles. The lowest BCUT2D eigenvalue weighted by Crippen LogP contribution is -1.99. The van der Waals surface area contributed by atoms with Crippen LogP contribution in [0, 0.1) is 0 Å². The van der Waals surface area contributed by atoms with Crippen LogP contribution in [-0.2, 0) is 12.8 Å². The van der Waals surface area contributed by atoms with Crippen LogP contribution in [0.2, 0.25) is 5.15 Å². The number of hydrogen-bond acceptors (Lipinski definition) is 3. The van der Waals surface area contributed by atoms with E-state index < -0.39 is 0 Å². The molecular formula is C13H10ClN3O. The van der Waals surface area contributed by atoms with Gasteiger partial charge in [-0.3, -0.25) is 0 Å². The molecule has 0 atom stereocenters. The molecule has 0 aromatic carbocycles. The summed E-state index contributed by atoms with van der Waals surface area (Å²) in [7, 11) is 0. The van der Waals surface area contributed by atoms with Gasteiger partial charge in [-0.05, 0) is 31.4 Å². The summed E-state index contributed by atoms with van der Waals surface area (Å²) in [6.07, 6.45) is 4.76. The Hall–Kier alpha value is -1.81. The molecule has 0 radical (unpaired) electrons. The summed E-state index contributed by atoms with van der Waals surface area (Å²) in [6.45, 7) is 0. The van der Waals surface area contributed by atoms with Crippen LogP contribution < -0.4 is 0 Å². The summed E-state index contributed by atoms with van der Waals surface area (Å²) in [5, 5.41) is 5.15. The average molecular weight is 260 g/mol. The molecule has 0 N–H and O–H groups in total. The van der Waals surface area contributed by atoms with Gasteiger partial charge in [-0.1, -0.05) is 11.6 Å². The fourth-order valence-electron chi connectivity index (χ4n) is 2.48. The fraction of sp³-hybridized carbons (Fsp3) is 0.231. The molecule has 3 heterocycles. The quantitative estimate of drug-likeness (QED) is 0.631. The number of furan rings is 1. The lowest BCUT2D eigenvalue weighted by atomic mass is 10.3. The largest absolute Gasteiger partial charge is 0.463 e. The third kappa shape index (κ3) is 1.32. The first-order chi connectivity index (χ1) is 8.83. The molecule has 0 spiro atoms. The summed E-state index contributed by atoms with van der Waals surface area (Å²) in [5.41, 5.74) is 3.79. The van der Waals surface area contributed by atoms with Gasteiger partial charge in [0, 0.05) is 17.3 Å². The molecule has 3 aromatic rings. The highest BCUT2D eigenvalue weighted by atomic mass is 35.5. The molecule has 1 aliphatic carbocycles. The van der Waals surface area contributed by atoms with Gasteiger partial charge < -0.3 is 4.42 Å². The summed E-state index contributed by atoms with van der Waals surface area (Å²) in [5.74, 6) is 0.733. The minimum atomic E-state index is 0.685. The van der Waals surface area contributed by atoms with Gasteiger partial charge in [-0.25, -0.2) is 9.50 Å². The third-order valence-corrected chi connectivity index (χ3v) is 3.73. The first-order valence-electron chi connectivity index (χ1n) is 5.94. The molecule has 18 heavy (non-hydrogen) atoms. The Morgan fingerprint density at radius 2 is 2.28 bits per heavy atom. The van der Waals surface area contributed by atoms with E-state index in [2.05, 4.69) is 10.1 Å². The van der Waals surface area contributed by atoms with Crippen molar-refractivity contribution in [1.82, 2.24) is 14.6 Å². The van der Waals surface area contributed by atoms with Crippen molar-refractivity contribution >= 4 is 17.2 Å². The molecule has 3 aromatic heterocycles. The number of nitrogens with zero attached hydrogens (tertiary/aromatic N) is 3. The highest BCUT2D eigenvalue weighted by molar-refractivity contribution is 6.30. The normalized spacial score (nSPS) is 14.3. The van der Waals surface area contributed by atoms with Crippen LogP contribution >= 0.6 is 11.6 Å². The zero-order chi connectivity index (χ0) is 12.1. The van der Waals surface area contributed by atoms with E-state index in [0.29, 0.717) is 5.15 Å². The molecular weight excluding hydrogens is 250 g/mol. The van der Waals surface area contributed by atoms with Crippen molar-refractivity contribution in [2.24, 2.45) is 0 Å². The minimum absolute atomic E-state index is 0.685. The van der Waals surface area contributed by atoms with Gasteiger partial charge in [0.05, 0.1) is 6.26 Å². The van der Waals surface area contributed by atoms with Gasteiger partial charge in [-0.2, -0.15) is 5.10 Å². The summed E-state index contributed by atoms with van der Waals surface area (Å²) in [4.78, 5) is 4.62. The van der Waals surface area contributed by atoms with E-state index in [1.807, 2.05) is 18.2 Å². The molecule has 90 valence electrons. The van der Waals surface area contributed by atoms with E-state index in [9.17, 15) is 0 Å². The minimum Gasteiger partial charge on any atom is -0.463 e. The smallest absolute Gasteiger partial charge is 0.157 e. The van der Waals surface area contributed by atoms with Gasteiger partial charge in [-0.15, -0.1) is 0 Å². The molecule has 0 saturated carbocycles. The Bertz CT molecular complexity index is 730. The molecule has 0 unspecified atom stereocenters. The second-order valence-electron chi connectivity index (χ2n) is 4.46. The van der Waals surface area contributed by atoms with E-state index in [1.54, 1.807) is 10.8 Å². The third-order valence-electron chi connectivity index (χ3n) is 3.34. The predicted octanol–water partition coefficient (Wildman–Crippen LogP) is 3.13. The van der Waals surface area contributed by atoms with Crippen LogP contribution in [0.5, 0.6) is 0 Å². The average Bonchev–Trinajstić information content (AvgIpc) is 3.08. The summed E-state index contributed by atoms with van der Waals surface area (Å²) in [6, 6.07) is 5.63. The highest BCUT2D eigenvalue weighted by Gasteiger charge is 2.20. The lowest BCUT2D eigenvalue weighted by molar-refractivity contribution is 0.579. The SMILES string of the molecule is Clc1c2c(nc3cc(-c4ccco4)nn13)CCC2. The van der Waals surface area contributed by atoms with Crippen molar-refractivity contribution in [2.45, 2.75) is 19.3 Å². The zero-order valence-corrected chi connectivity index (χ0v) is 10.3. The Morgan fingerprint density at radius 1 is 1.33 bits per heavy atom. The summed E-state index contributed by atoms with van der Waals surface area (Å²) >= 11 is 6.39. The maximum Gasteiger partial charge on any atom is 0.157 e. The monoisotopic (exact) mass is 259 g/mol. The second kappa shape index (κ2) is 3.59. The molecule has 4 nitrogen and oxygen atoms in total. The van der Waals surface area contributed by atoms with Gasteiger partial charge in [0.1, 0.15) is 10.8 Å². The molecule has 5 heteroatoms. The molecule has 4 rings (SSSR count). The molecule has 0 saturated heterocycles. The second-order valence-corrected chi connectivity index (χ2v) is 4.82. The van der Waals surface area contributed by atoms with Crippen LogP contribution in [0.3, 0.4) is 0 Å². The van der Waals surface area contributed by atoms with Crippen molar-refractivity contribution in [1.29, 1.82) is 0 Å². The van der Waals surface area contributed by atoms with Gasteiger partial charge in [0.25, 0.3) is 0 Å². The van der Waals surface area contributed by atoms with E-state index in [-0.39, 0.29) is 0 Å². The first-order valence-corrected chi connectivity index (χ1v) is 6.31. The standard InChI is InChI=1S/C13H10ClN3O/c14-13-8-3-1-4-9(8)15-12-7-10(16-17(12)13)11-5-2-6-18-11/h2,5-7H,1,3-4H2. The fourth-order valence-corrected chi connectivity index (χ4v) is 2.81. The van der Waals surface area contributed by atoms with E-state index in [4.69, 9.17) is 16.0 Å². The predicted molar refractivity (Wildman–Crippen MR) is 67.7 cm³/mol. The molecule has 0 fully saturated rings. The molecule has 0 bridgehead atoms. The van der Waals surface area contributed by atoms with Crippen molar-refractivity contribution < 1.29 is 4.42 Å². The summed E-state index contributed by atoms with van der Waals surface area (Å²) < 4.78 is 7.04. The molecule has 0 amide bonds. The topological polar surface area (TPSA) is 43.3 Å². The Kier molecular flexibility index (Phi) is 2.02. The number of hydrogen-bond donors (Lipinski definition) is 0. The Morgan fingerprint density at radius 3 is 3.11 bits per heavy atom. The highest BCUT2D eigenvalue weighted by Crippen LogP contribution is 2.29. The van der Waals surface area contributed by atoms with E-state index in [0.717, 1.165) is 47.6 Å². The zero-order valence-electron chi connectivity index (χ0n) is 9.56. The molecule has 1 aliphatic rings. The maximum absolute atomic E-state index is 6.39. The van der Waals surface area contributed by atoms with Gasteiger partial charge >= 0.3 is 0 Å². The lowest BCUT2D eigenvalue weighted by Gasteiger charge is -2.03. The Balaban J connectivity index is 1.99.